The number of nitro groups is 1. The van der Waals surface area contributed by atoms with Crippen LogP contribution in [-0.4, -0.2) is 26.3 Å². The van der Waals surface area contributed by atoms with Crippen LogP contribution in [0.2, 0.25) is 0 Å². The van der Waals surface area contributed by atoms with Crippen LogP contribution in [0.15, 0.2) is 47.3 Å². The molecule has 0 spiro atoms. The molecule has 0 aliphatic carbocycles. The topological polar surface area (TPSA) is 118 Å². The Balaban J connectivity index is 1.56. The summed E-state index contributed by atoms with van der Waals surface area (Å²) in [7, 11) is 0. The van der Waals surface area contributed by atoms with Gasteiger partial charge in [0.15, 0.2) is 0 Å². The number of hydrogen-bond donors (Lipinski definition) is 2. The van der Waals surface area contributed by atoms with Crippen molar-refractivity contribution in [3.05, 3.63) is 85.6 Å². The highest BCUT2D eigenvalue weighted by atomic mass is 19.1. The smallest absolute Gasteiger partial charge is 0.305 e. The maximum atomic E-state index is 13.5. The molecule has 0 saturated heterocycles. The number of nitrogen functional groups attached to an aromatic ring is 1. The van der Waals surface area contributed by atoms with Gasteiger partial charge in [0.25, 0.3) is 5.56 Å². The normalized spacial score (nSPS) is 13.8. The molecule has 9 heteroatoms. The predicted octanol–water partition coefficient (Wildman–Crippen LogP) is 2.62. The first-order chi connectivity index (χ1) is 13.9. The number of rotatable bonds is 4. The average Bonchev–Trinajstić information content (AvgIpc) is 2.70. The van der Waals surface area contributed by atoms with Crippen molar-refractivity contribution < 1.29 is 9.31 Å². The lowest BCUT2D eigenvalue weighted by molar-refractivity contribution is -0.387. The number of hydrogen-bond acceptors (Lipinski definition) is 6. The van der Waals surface area contributed by atoms with E-state index in [2.05, 4.69) is 9.97 Å². The molecule has 0 fully saturated rings. The van der Waals surface area contributed by atoms with E-state index in [1.165, 1.54) is 12.1 Å². The van der Waals surface area contributed by atoms with E-state index in [-0.39, 0.29) is 5.56 Å². The van der Waals surface area contributed by atoms with Crippen molar-refractivity contribution in [3.8, 4) is 11.4 Å². The Labute approximate surface area is 165 Å². The van der Waals surface area contributed by atoms with Crippen LogP contribution >= 0.6 is 0 Å². The number of fused-ring (bicyclic) bond motifs is 1. The van der Waals surface area contributed by atoms with Crippen molar-refractivity contribution >= 4 is 11.4 Å². The van der Waals surface area contributed by atoms with E-state index in [9.17, 15) is 19.3 Å². The van der Waals surface area contributed by atoms with Crippen molar-refractivity contribution in [2.75, 3.05) is 12.3 Å². The molecule has 4 rings (SSSR count). The van der Waals surface area contributed by atoms with Gasteiger partial charge in [0, 0.05) is 43.4 Å². The molecule has 0 bridgehead atoms. The van der Waals surface area contributed by atoms with Crippen LogP contribution in [0.3, 0.4) is 0 Å². The minimum absolute atomic E-state index is 0.211. The Bertz CT molecular complexity index is 1140. The molecule has 2 heterocycles. The Morgan fingerprint density at radius 1 is 1.24 bits per heavy atom. The van der Waals surface area contributed by atoms with Gasteiger partial charge < -0.3 is 10.7 Å². The fourth-order valence-corrected chi connectivity index (χ4v) is 3.45. The van der Waals surface area contributed by atoms with Gasteiger partial charge >= 0.3 is 5.69 Å². The van der Waals surface area contributed by atoms with Crippen LogP contribution in [0.5, 0.6) is 0 Å². The number of nitrogens with one attached hydrogen (secondary N) is 1. The van der Waals surface area contributed by atoms with E-state index in [0.29, 0.717) is 48.7 Å². The van der Waals surface area contributed by atoms with Gasteiger partial charge in [-0.25, -0.2) is 4.98 Å². The summed E-state index contributed by atoms with van der Waals surface area (Å²) in [6.45, 7) is 1.38. The first-order valence-electron chi connectivity index (χ1n) is 9.04. The first-order valence-corrected chi connectivity index (χ1v) is 9.04. The minimum Gasteiger partial charge on any atom is -0.399 e. The summed E-state index contributed by atoms with van der Waals surface area (Å²) in [6, 6.07) is 10.9. The predicted molar refractivity (Wildman–Crippen MR) is 106 cm³/mol. The van der Waals surface area contributed by atoms with Gasteiger partial charge in [0.05, 0.1) is 16.2 Å². The Morgan fingerprint density at radius 3 is 2.72 bits per heavy atom. The molecule has 1 aromatic heterocycles. The summed E-state index contributed by atoms with van der Waals surface area (Å²) >= 11 is 0. The second-order valence-corrected chi connectivity index (χ2v) is 6.97. The Kier molecular flexibility index (Phi) is 4.81. The van der Waals surface area contributed by atoms with Crippen LogP contribution in [0, 0.1) is 15.9 Å². The van der Waals surface area contributed by atoms with E-state index >= 15 is 0 Å². The number of anilines is 1. The molecule has 3 aromatic rings. The molecule has 29 heavy (non-hydrogen) atoms. The third-order valence-corrected chi connectivity index (χ3v) is 4.95. The highest BCUT2D eigenvalue weighted by Gasteiger charge is 2.23. The zero-order valence-electron chi connectivity index (χ0n) is 15.4. The van der Waals surface area contributed by atoms with E-state index in [1.54, 1.807) is 24.3 Å². The third kappa shape index (κ3) is 3.85. The molecule has 3 N–H and O–H groups in total. The lowest BCUT2D eigenvalue weighted by Crippen LogP contribution is -2.35. The standard InChI is InChI=1S/C20H18FN5O3/c21-16-6-1-12(9-18(16)26(28)29)10-25-8-7-17-15(11-25)20(27)24-19(23-17)13-2-4-14(22)5-3-13/h1-6,9H,7-8,10-11,22H2,(H,23,24,27). The Morgan fingerprint density at radius 2 is 2.00 bits per heavy atom. The molecule has 0 unspecified atom stereocenters. The number of nitrogens with zero attached hydrogens (tertiary/aromatic N) is 3. The number of halogens is 1. The second kappa shape index (κ2) is 7.44. The van der Waals surface area contributed by atoms with Crippen LogP contribution in [-0.2, 0) is 19.5 Å². The Hall–Kier alpha value is -3.59. The van der Waals surface area contributed by atoms with E-state index in [0.717, 1.165) is 17.3 Å². The lowest BCUT2D eigenvalue weighted by Gasteiger charge is -2.27. The molecule has 8 nitrogen and oxygen atoms in total. The molecule has 2 aromatic carbocycles. The first kappa shape index (κ1) is 18.8. The van der Waals surface area contributed by atoms with Crippen molar-refractivity contribution in [2.24, 2.45) is 0 Å². The van der Waals surface area contributed by atoms with Gasteiger partial charge in [0.2, 0.25) is 5.82 Å². The van der Waals surface area contributed by atoms with Crippen LogP contribution in [0.4, 0.5) is 15.8 Å². The van der Waals surface area contributed by atoms with Gasteiger partial charge in [-0.05, 0) is 35.9 Å². The molecule has 0 saturated carbocycles. The summed E-state index contributed by atoms with van der Waals surface area (Å²) in [4.78, 5) is 32.2. The van der Waals surface area contributed by atoms with Gasteiger partial charge in [-0.15, -0.1) is 0 Å². The summed E-state index contributed by atoms with van der Waals surface area (Å²) in [5.41, 5.74) is 8.28. The lowest BCUT2D eigenvalue weighted by atomic mass is 10.0. The summed E-state index contributed by atoms with van der Waals surface area (Å²) in [5.74, 6) is -0.366. The van der Waals surface area contributed by atoms with Crippen molar-refractivity contribution in [2.45, 2.75) is 19.5 Å². The summed E-state index contributed by atoms with van der Waals surface area (Å²) < 4.78 is 13.5. The minimum atomic E-state index is -0.862. The fourth-order valence-electron chi connectivity index (χ4n) is 3.45. The fraction of sp³-hybridized carbons (Fsp3) is 0.200. The van der Waals surface area contributed by atoms with Gasteiger partial charge in [-0.2, -0.15) is 4.39 Å². The zero-order chi connectivity index (χ0) is 20.5. The number of aromatic amines is 1. The van der Waals surface area contributed by atoms with Crippen molar-refractivity contribution in [1.29, 1.82) is 0 Å². The number of H-pyrrole nitrogens is 1. The number of aromatic nitrogens is 2. The van der Waals surface area contributed by atoms with E-state index in [4.69, 9.17) is 5.73 Å². The largest absolute Gasteiger partial charge is 0.399 e. The van der Waals surface area contributed by atoms with Crippen LogP contribution < -0.4 is 11.3 Å². The van der Waals surface area contributed by atoms with E-state index in [1.807, 2.05) is 4.90 Å². The molecular weight excluding hydrogens is 377 g/mol. The molecule has 0 amide bonds. The average molecular weight is 395 g/mol. The van der Waals surface area contributed by atoms with Gasteiger partial charge in [-0.3, -0.25) is 19.8 Å². The number of nitro benzene ring substituents is 1. The second-order valence-electron chi connectivity index (χ2n) is 6.97. The maximum Gasteiger partial charge on any atom is 0.305 e. The van der Waals surface area contributed by atoms with Crippen molar-refractivity contribution in [3.63, 3.8) is 0 Å². The van der Waals surface area contributed by atoms with Crippen LogP contribution in [0.25, 0.3) is 11.4 Å². The monoisotopic (exact) mass is 395 g/mol. The van der Waals surface area contributed by atoms with Crippen molar-refractivity contribution in [1.82, 2.24) is 14.9 Å². The highest BCUT2D eigenvalue weighted by Crippen LogP contribution is 2.23. The third-order valence-electron chi connectivity index (χ3n) is 4.95. The molecule has 1 aliphatic heterocycles. The van der Waals surface area contributed by atoms with Gasteiger partial charge in [0.1, 0.15) is 5.82 Å². The van der Waals surface area contributed by atoms with E-state index < -0.39 is 16.4 Å². The summed E-state index contributed by atoms with van der Waals surface area (Å²) in [5, 5.41) is 10.9. The SMILES string of the molecule is Nc1ccc(-c2nc3c(c(=O)[nH]2)CN(Cc2ccc(F)c([N+](=O)[O-])c2)CC3)cc1. The molecule has 148 valence electrons. The molecule has 1 aliphatic rings. The molecule has 0 radical (unpaired) electrons. The number of nitrogens with two attached hydrogens (primary N) is 1. The highest BCUT2D eigenvalue weighted by molar-refractivity contribution is 5.58. The maximum absolute atomic E-state index is 13.5. The summed E-state index contributed by atoms with van der Waals surface area (Å²) in [6.07, 6.45) is 0.574. The quantitative estimate of drug-likeness (QED) is 0.398. The van der Waals surface area contributed by atoms with Crippen LogP contribution in [0.1, 0.15) is 16.8 Å². The van der Waals surface area contributed by atoms with Gasteiger partial charge in [-0.1, -0.05) is 6.07 Å². The molecule has 0 atom stereocenters. The zero-order valence-corrected chi connectivity index (χ0v) is 15.4. The number of benzene rings is 2. The molecular formula is C20H18FN5O3.